The van der Waals surface area contributed by atoms with Crippen molar-refractivity contribution in [2.75, 3.05) is 13.1 Å². The molecule has 2 aromatic rings. The number of benzene rings is 2. The number of nitrogens with zero attached hydrogens (tertiary/aromatic N) is 1. The van der Waals surface area contributed by atoms with Gasteiger partial charge in [-0.15, -0.1) is 0 Å². The maximum atomic E-state index is 12.9. The second-order valence-corrected chi connectivity index (χ2v) is 9.88. The molecular formula is C24H31N3O6S. The van der Waals surface area contributed by atoms with Crippen molar-refractivity contribution in [1.82, 2.24) is 9.62 Å². The highest BCUT2D eigenvalue weighted by molar-refractivity contribution is 7.89. The minimum Gasteiger partial charge on any atom is -0.446 e. The highest BCUT2D eigenvalue weighted by Gasteiger charge is 2.31. The fraction of sp³-hybridized carbons (Fsp3) is 0.375. The largest absolute Gasteiger partial charge is 0.446 e. The molecule has 0 fully saturated rings. The second kappa shape index (κ2) is 11.8. The van der Waals surface area contributed by atoms with Gasteiger partial charge in [0.15, 0.2) is 0 Å². The molecule has 34 heavy (non-hydrogen) atoms. The molecule has 2 atom stereocenters. The van der Waals surface area contributed by atoms with Gasteiger partial charge < -0.3 is 15.8 Å². The average Bonchev–Trinajstić information content (AvgIpc) is 2.81. The van der Waals surface area contributed by atoms with Crippen LogP contribution in [0.3, 0.4) is 0 Å². The Balaban J connectivity index is 2.25. The third-order valence-electron chi connectivity index (χ3n) is 5.24. The SMILES string of the molecule is CCN(CC)S(=O)(=O)c1cccc(C(=O)N[C@H](C(=O)OC(C(N)=O)c2ccccc2)C(C)C)c1. The van der Waals surface area contributed by atoms with Crippen molar-refractivity contribution in [3.63, 3.8) is 0 Å². The Morgan fingerprint density at radius 1 is 1.00 bits per heavy atom. The number of primary amides is 1. The van der Waals surface area contributed by atoms with Gasteiger partial charge in [0.1, 0.15) is 6.04 Å². The number of amides is 2. The van der Waals surface area contributed by atoms with E-state index in [1.807, 2.05) is 0 Å². The highest BCUT2D eigenvalue weighted by Crippen LogP contribution is 2.20. The van der Waals surface area contributed by atoms with E-state index in [2.05, 4.69) is 5.32 Å². The van der Waals surface area contributed by atoms with Crippen LogP contribution in [0.25, 0.3) is 0 Å². The van der Waals surface area contributed by atoms with E-state index in [-0.39, 0.29) is 16.4 Å². The molecule has 0 saturated carbocycles. The summed E-state index contributed by atoms with van der Waals surface area (Å²) in [5, 5.41) is 2.59. The topological polar surface area (TPSA) is 136 Å². The van der Waals surface area contributed by atoms with Crippen LogP contribution in [0.5, 0.6) is 0 Å². The predicted octanol–water partition coefficient (Wildman–Crippen LogP) is 2.24. The van der Waals surface area contributed by atoms with Gasteiger partial charge in [-0.2, -0.15) is 4.31 Å². The molecule has 2 amide bonds. The van der Waals surface area contributed by atoms with Gasteiger partial charge in [-0.3, -0.25) is 9.59 Å². The Bertz CT molecular complexity index is 1110. The van der Waals surface area contributed by atoms with Gasteiger partial charge in [0.05, 0.1) is 4.90 Å². The van der Waals surface area contributed by atoms with E-state index in [1.165, 1.54) is 28.6 Å². The number of nitrogens with two attached hydrogens (primary N) is 1. The van der Waals surface area contributed by atoms with Crippen molar-refractivity contribution in [3.05, 3.63) is 65.7 Å². The van der Waals surface area contributed by atoms with Gasteiger partial charge in [0, 0.05) is 24.2 Å². The normalized spacial score (nSPS) is 13.4. The highest BCUT2D eigenvalue weighted by atomic mass is 32.2. The molecule has 0 aliphatic carbocycles. The Morgan fingerprint density at radius 2 is 1.62 bits per heavy atom. The maximum absolute atomic E-state index is 12.9. The van der Waals surface area contributed by atoms with Gasteiger partial charge in [-0.05, 0) is 24.1 Å². The Labute approximate surface area is 200 Å². The first-order chi connectivity index (χ1) is 16.0. The van der Waals surface area contributed by atoms with Crippen LogP contribution in [-0.2, 0) is 24.3 Å². The summed E-state index contributed by atoms with van der Waals surface area (Å²) >= 11 is 0. The van der Waals surface area contributed by atoms with Crippen LogP contribution in [0.2, 0.25) is 0 Å². The first-order valence-corrected chi connectivity index (χ1v) is 12.4. The van der Waals surface area contributed by atoms with Crippen molar-refractivity contribution >= 4 is 27.8 Å². The molecule has 2 rings (SSSR count). The molecule has 0 bridgehead atoms. The van der Waals surface area contributed by atoms with Crippen molar-refractivity contribution in [2.24, 2.45) is 11.7 Å². The van der Waals surface area contributed by atoms with E-state index < -0.39 is 40.0 Å². The number of rotatable bonds is 11. The number of hydrogen-bond donors (Lipinski definition) is 2. The fourth-order valence-electron chi connectivity index (χ4n) is 3.34. The van der Waals surface area contributed by atoms with Crippen LogP contribution < -0.4 is 11.1 Å². The Kier molecular flexibility index (Phi) is 9.34. The number of ether oxygens (including phenoxy) is 1. The smallest absolute Gasteiger partial charge is 0.330 e. The number of carbonyl (C=O) groups excluding carboxylic acids is 3. The number of esters is 1. The summed E-state index contributed by atoms with van der Waals surface area (Å²) in [6.07, 6.45) is -1.31. The van der Waals surface area contributed by atoms with Crippen LogP contribution in [0.15, 0.2) is 59.5 Å². The number of nitrogens with one attached hydrogen (secondary N) is 1. The quantitative estimate of drug-likeness (QED) is 0.465. The third-order valence-corrected chi connectivity index (χ3v) is 7.29. The van der Waals surface area contributed by atoms with Crippen LogP contribution in [0.1, 0.15) is 49.7 Å². The molecule has 0 heterocycles. The lowest BCUT2D eigenvalue weighted by atomic mass is 10.0. The van der Waals surface area contributed by atoms with Crippen LogP contribution in [-0.4, -0.2) is 49.6 Å². The van der Waals surface area contributed by atoms with E-state index in [1.54, 1.807) is 58.0 Å². The lowest BCUT2D eigenvalue weighted by molar-refractivity contribution is -0.158. The number of carbonyl (C=O) groups is 3. The van der Waals surface area contributed by atoms with Gasteiger partial charge in [0.25, 0.3) is 11.8 Å². The van der Waals surface area contributed by atoms with E-state index in [9.17, 15) is 22.8 Å². The molecule has 2 aromatic carbocycles. The summed E-state index contributed by atoms with van der Waals surface area (Å²) in [4.78, 5) is 37.7. The summed E-state index contributed by atoms with van der Waals surface area (Å²) in [5.74, 6) is -2.71. The molecule has 0 aromatic heterocycles. The maximum Gasteiger partial charge on any atom is 0.330 e. The average molecular weight is 490 g/mol. The van der Waals surface area contributed by atoms with Crippen LogP contribution in [0.4, 0.5) is 0 Å². The van der Waals surface area contributed by atoms with E-state index in [4.69, 9.17) is 10.5 Å². The monoisotopic (exact) mass is 489 g/mol. The molecule has 10 heteroatoms. The molecule has 3 N–H and O–H groups in total. The molecule has 0 aliphatic rings. The molecule has 0 saturated heterocycles. The van der Waals surface area contributed by atoms with E-state index in [0.717, 1.165) is 0 Å². The van der Waals surface area contributed by atoms with Crippen LogP contribution in [0, 0.1) is 5.92 Å². The predicted molar refractivity (Wildman–Crippen MR) is 127 cm³/mol. The zero-order chi connectivity index (χ0) is 25.5. The summed E-state index contributed by atoms with van der Waals surface area (Å²) in [7, 11) is -3.76. The van der Waals surface area contributed by atoms with E-state index in [0.29, 0.717) is 18.7 Å². The molecule has 0 radical (unpaired) electrons. The first-order valence-electron chi connectivity index (χ1n) is 11.0. The summed E-state index contributed by atoms with van der Waals surface area (Å²) < 4.78 is 32.3. The van der Waals surface area contributed by atoms with Gasteiger partial charge in [0.2, 0.25) is 16.1 Å². The lowest BCUT2D eigenvalue weighted by Gasteiger charge is -2.24. The van der Waals surface area contributed by atoms with E-state index >= 15 is 0 Å². The molecule has 0 spiro atoms. The van der Waals surface area contributed by atoms with Crippen LogP contribution >= 0.6 is 0 Å². The molecule has 1 unspecified atom stereocenters. The molecular weight excluding hydrogens is 458 g/mol. The molecule has 9 nitrogen and oxygen atoms in total. The minimum absolute atomic E-state index is 0.0228. The second-order valence-electron chi connectivity index (χ2n) is 7.94. The molecule has 184 valence electrons. The van der Waals surface area contributed by atoms with Gasteiger partial charge >= 0.3 is 5.97 Å². The van der Waals surface area contributed by atoms with Gasteiger partial charge in [-0.1, -0.05) is 64.1 Å². The van der Waals surface area contributed by atoms with Crippen molar-refractivity contribution < 1.29 is 27.5 Å². The number of hydrogen-bond acceptors (Lipinski definition) is 6. The summed E-state index contributed by atoms with van der Waals surface area (Å²) in [6.45, 7) is 7.44. The molecule has 0 aliphatic heterocycles. The van der Waals surface area contributed by atoms with Crippen molar-refractivity contribution in [3.8, 4) is 0 Å². The summed E-state index contributed by atoms with van der Waals surface area (Å²) in [6, 6.07) is 12.8. The lowest BCUT2D eigenvalue weighted by Crippen LogP contribution is -2.46. The first kappa shape index (κ1) is 27.0. The zero-order valence-electron chi connectivity index (χ0n) is 19.7. The standard InChI is InChI=1S/C24H31N3O6S/c1-5-27(6-2)34(31,32)19-14-10-13-18(15-19)23(29)26-20(16(3)4)24(30)33-21(22(25)28)17-11-8-7-9-12-17/h7-16,20-21H,5-6H2,1-4H3,(H2,25,28)(H,26,29)/t20-,21?/m0/s1. The minimum atomic E-state index is -3.76. The summed E-state index contributed by atoms with van der Waals surface area (Å²) in [5.41, 5.74) is 5.91. The van der Waals surface area contributed by atoms with Crippen molar-refractivity contribution in [2.45, 2.75) is 44.7 Å². The Hall–Kier alpha value is -3.24. The van der Waals surface area contributed by atoms with Crippen molar-refractivity contribution in [1.29, 1.82) is 0 Å². The Morgan fingerprint density at radius 3 is 2.15 bits per heavy atom. The third kappa shape index (κ3) is 6.42. The number of sulfonamides is 1. The zero-order valence-corrected chi connectivity index (χ0v) is 20.5. The fourth-order valence-corrected chi connectivity index (χ4v) is 4.84. The van der Waals surface area contributed by atoms with Gasteiger partial charge in [-0.25, -0.2) is 13.2 Å².